The Morgan fingerprint density at radius 3 is 2.94 bits per heavy atom. The molecule has 1 heterocycles. The predicted molar refractivity (Wildman–Crippen MR) is 70.1 cm³/mol. The van der Waals surface area contributed by atoms with Crippen molar-refractivity contribution in [3.63, 3.8) is 0 Å². The van der Waals surface area contributed by atoms with E-state index in [-0.39, 0.29) is 5.91 Å². The van der Waals surface area contributed by atoms with Gasteiger partial charge in [-0.2, -0.15) is 0 Å². The van der Waals surface area contributed by atoms with Gasteiger partial charge in [0.05, 0.1) is 0 Å². The fourth-order valence-corrected chi connectivity index (χ4v) is 1.64. The van der Waals surface area contributed by atoms with Gasteiger partial charge in [0, 0.05) is 23.8 Å². The summed E-state index contributed by atoms with van der Waals surface area (Å²) in [5.74, 6) is -0.0426. The van der Waals surface area contributed by atoms with Gasteiger partial charge in [-0.3, -0.25) is 4.79 Å². The smallest absolute Gasteiger partial charge is 0.251 e. The van der Waals surface area contributed by atoms with E-state index >= 15 is 0 Å². The Labute approximate surface area is 101 Å². The van der Waals surface area contributed by atoms with E-state index in [1.54, 1.807) is 0 Å². The number of allylic oxidation sites excluding steroid dienone is 1. The maximum absolute atomic E-state index is 11.8. The van der Waals surface area contributed by atoms with Crippen LogP contribution in [0.5, 0.6) is 0 Å². The molecule has 17 heavy (non-hydrogen) atoms. The third-order valence-corrected chi connectivity index (χ3v) is 2.59. The lowest BCUT2D eigenvalue weighted by molar-refractivity contribution is 0.0958. The zero-order valence-corrected chi connectivity index (χ0v) is 10.1. The number of nitrogens with one attached hydrogen (secondary N) is 2. The van der Waals surface area contributed by atoms with Gasteiger partial charge in [0.1, 0.15) is 0 Å². The molecule has 0 atom stereocenters. The number of aromatic amines is 1. The number of carbonyl (C=O) groups excluding carboxylic acids is 1. The molecular formula is C14H16N2O. The molecule has 3 nitrogen and oxygen atoms in total. The second-order valence-electron chi connectivity index (χ2n) is 4.27. The van der Waals surface area contributed by atoms with Crippen molar-refractivity contribution in [1.29, 1.82) is 0 Å². The van der Waals surface area contributed by atoms with Crippen molar-refractivity contribution >= 4 is 16.8 Å². The van der Waals surface area contributed by atoms with Gasteiger partial charge in [-0.1, -0.05) is 17.7 Å². The first-order chi connectivity index (χ1) is 8.16. The molecule has 0 saturated carbocycles. The molecule has 0 radical (unpaired) electrons. The van der Waals surface area contributed by atoms with Crippen LogP contribution in [-0.2, 0) is 0 Å². The Kier molecular flexibility index (Phi) is 3.28. The average molecular weight is 228 g/mol. The van der Waals surface area contributed by atoms with Crippen molar-refractivity contribution in [3.05, 3.63) is 47.7 Å². The normalized spacial score (nSPS) is 10.2. The van der Waals surface area contributed by atoms with Gasteiger partial charge < -0.3 is 10.3 Å². The molecule has 3 heteroatoms. The van der Waals surface area contributed by atoms with Gasteiger partial charge in [-0.15, -0.1) is 0 Å². The average Bonchev–Trinajstić information content (AvgIpc) is 2.75. The van der Waals surface area contributed by atoms with Crippen molar-refractivity contribution in [2.75, 3.05) is 6.54 Å². The van der Waals surface area contributed by atoms with E-state index in [2.05, 4.69) is 10.3 Å². The molecule has 0 unspecified atom stereocenters. The topological polar surface area (TPSA) is 44.9 Å². The molecular weight excluding hydrogens is 212 g/mol. The minimum absolute atomic E-state index is 0.0426. The van der Waals surface area contributed by atoms with E-state index in [9.17, 15) is 4.79 Å². The van der Waals surface area contributed by atoms with Gasteiger partial charge in [0.2, 0.25) is 0 Å². The first-order valence-electron chi connectivity index (χ1n) is 5.65. The number of aromatic nitrogens is 1. The molecule has 0 spiro atoms. The molecule has 88 valence electrons. The molecule has 0 saturated heterocycles. The van der Waals surface area contributed by atoms with Crippen molar-refractivity contribution in [3.8, 4) is 0 Å². The molecule has 0 aliphatic carbocycles. The molecule has 0 fully saturated rings. The number of hydrogen-bond acceptors (Lipinski definition) is 1. The van der Waals surface area contributed by atoms with E-state index in [1.807, 2.05) is 50.4 Å². The summed E-state index contributed by atoms with van der Waals surface area (Å²) in [5.41, 5.74) is 2.87. The van der Waals surface area contributed by atoms with Gasteiger partial charge in [-0.05, 0) is 37.4 Å². The van der Waals surface area contributed by atoms with Gasteiger partial charge in [0.15, 0.2) is 0 Å². The Bertz CT molecular complexity index is 562. The lowest BCUT2D eigenvalue weighted by Gasteiger charge is -2.03. The Balaban J connectivity index is 2.10. The molecule has 2 N–H and O–H groups in total. The summed E-state index contributed by atoms with van der Waals surface area (Å²) in [4.78, 5) is 14.9. The summed E-state index contributed by atoms with van der Waals surface area (Å²) in [6.45, 7) is 4.60. The third-order valence-electron chi connectivity index (χ3n) is 2.59. The lowest BCUT2D eigenvalue weighted by atomic mass is 10.1. The molecule has 1 aromatic heterocycles. The maximum Gasteiger partial charge on any atom is 0.251 e. The second-order valence-corrected chi connectivity index (χ2v) is 4.27. The quantitative estimate of drug-likeness (QED) is 0.779. The second kappa shape index (κ2) is 4.87. The minimum atomic E-state index is -0.0426. The Hall–Kier alpha value is -2.03. The summed E-state index contributed by atoms with van der Waals surface area (Å²) in [6.07, 6.45) is 3.86. The third kappa shape index (κ3) is 2.75. The summed E-state index contributed by atoms with van der Waals surface area (Å²) >= 11 is 0. The first kappa shape index (κ1) is 11.5. The summed E-state index contributed by atoms with van der Waals surface area (Å²) in [6, 6.07) is 7.64. The van der Waals surface area contributed by atoms with Crippen molar-refractivity contribution < 1.29 is 4.79 Å². The number of carbonyl (C=O) groups is 1. The number of hydrogen-bond donors (Lipinski definition) is 2. The minimum Gasteiger partial charge on any atom is -0.361 e. The van der Waals surface area contributed by atoms with Crippen molar-refractivity contribution in [2.45, 2.75) is 13.8 Å². The van der Waals surface area contributed by atoms with Crippen LogP contribution in [0, 0.1) is 0 Å². The molecule has 0 aliphatic heterocycles. The molecule has 0 bridgehead atoms. The number of benzene rings is 1. The molecule has 0 aliphatic rings. The summed E-state index contributed by atoms with van der Waals surface area (Å²) < 4.78 is 0. The van der Waals surface area contributed by atoms with Crippen LogP contribution in [0.15, 0.2) is 42.1 Å². The fraction of sp³-hybridized carbons (Fsp3) is 0.214. The van der Waals surface area contributed by atoms with Gasteiger partial charge in [-0.25, -0.2) is 0 Å². The molecule has 2 rings (SSSR count). The van der Waals surface area contributed by atoms with Crippen LogP contribution >= 0.6 is 0 Å². The van der Waals surface area contributed by atoms with Crippen LogP contribution in [0.25, 0.3) is 10.9 Å². The van der Waals surface area contributed by atoms with Crippen molar-refractivity contribution in [2.24, 2.45) is 0 Å². The zero-order valence-electron chi connectivity index (χ0n) is 10.1. The molecule has 1 amide bonds. The van der Waals surface area contributed by atoms with Crippen LogP contribution in [0.3, 0.4) is 0 Å². The van der Waals surface area contributed by atoms with E-state index < -0.39 is 0 Å². The van der Waals surface area contributed by atoms with Crippen LogP contribution < -0.4 is 5.32 Å². The number of fused-ring (bicyclic) bond motifs is 1. The Morgan fingerprint density at radius 2 is 2.18 bits per heavy atom. The highest BCUT2D eigenvalue weighted by Gasteiger charge is 2.05. The van der Waals surface area contributed by atoms with Crippen LogP contribution in [-0.4, -0.2) is 17.4 Å². The van der Waals surface area contributed by atoms with E-state index in [4.69, 9.17) is 0 Å². The van der Waals surface area contributed by atoms with E-state index in [0.717, 1.165) is 10.9 Å². The summed E-state index contributed by atoms with van der Waals surface area (Å²) in [7, 11) is 0. The summed E-state index contributed by atoms with van der Waals surface area (Å²) in [5, 5.41) is 3.97. The van der Waals surface area contributed by atoms with Gasteiger partial charge in [0.25, 0.3) is 5.91 Å². The first-order valence-corrected chi connectivity index (χ1v) is 5.65. The lowest BCUT2D eigenvalue weighted by Crippen LogP contribution is -2.23. The highest BCUT2D eigenvalue weighted by atomic mass is 16.1. The highest BCUT2D eigenvalue weighted by Crippen LogP contribution is 2.13. The number of H-pyrrole nitrogens is 1. The highest BCUT2D eigenvalue weighted by molar-refractivity contribution is 5.97. The number of rotatable bonds is 3. The molecule has 1 aromatic carbocycles. The van der Waals surface area contributed by atoms with Crippen molar-refractivity contribution in [1.82, 2.24) is 10.3 Å². The standard InChI is InChI=1S/C14H16N2O/c1-10(2)5-7-16-14(17)12-4-3-11-6-8-15-13(11)9-12/h3-6,8-9,15H,7H2,1-2H3,(H,16,17). The SMILES string of the molecule is CC(C)=CCNC(=O)c1ccc2cc[nH]c2c1. The largest absolute Gasteiger partial charge is 0.361 e. The van der Waals surface area contributed by atoms with E-state index in [1.165, 1.54) is 5.57 Å². The predicted octanol–water partition coefficient (Wildman–Crippen LogP) is 2.86. The monoisotopic (exact) mass is 228 g/mol. The molecule has 2 aromatic rings. The Morgan fingerprint density at radius 1 is 1.35 bits per heavy atom. The zero-order chi connectivity index (χ0) is 12.3. The van der Waals surface area contributed by atoms with E-state index in [0.29, 0.717) is 12.1 Å². The van der Waals surface area contributed by atoms with Gasteiger partial charge >= 0.3 is 0 Å². The number of amides is 1. The van der Waals surface area contributed by atoms with Crippen LogP contribution in [0.4, 0.5) is 0 Å². The maximum atomic E-state index is 11.8. The van der Waals surface area contributed by atoms with Crippen LogP contribution in [0.1, 0.15) is 24.2 Å². The van der Waals surface area contributed by atoms with Crippen LogP contribution in [0.2, 0.25) is 0 Å². The fourth-order valence-electron chi connectivity index (χ4n) is 1.64.